The summed E-state index contributed by atoms with van der Waals surface area (Å²) >= 11 is 3.40. The maximum atomic E-state index is 12.1. The fourth-order valence-corrected chi connectivity index (χ4v) is 2.40. The minimum absolute atomic E-state index is 0.0565. The highest BCUT2D eigenvalue weighted by molar-refractivity contribution is 9.10. The van der Waals surface area contributed by atoms with Gasteiger partial charge in [0.15, 0.2) is 0 Å². The molecular weight excluding hydrogens is 284 g/mol. The first-order valence-electron chi connectivity index (χ1n) is 5.46. The molecule has 1 heterocycles. The van der Waals surface area contributed by atoms with Gasteiger partial charge in [0.25, 0.3) is 0 Å². The highest BCUT2D eigenvalue weighted by Gasteiger charge is 2.33. The SMILES string of the molecule is CCN1CC(=O)N[C@H](c2ccccc2Br)C1=O. The highest BCUT2D eigenvalue weighted by atomic mass is 79.9. The van der Waals surface area contributed by atoms with E-state index in [4.69, 9.17) is 0 Å². The van der Waals surface area contributed by atoms with Crippen molar-refractivity contribution < 1.29 is 9.59 Å². The number of hydrogen-bond acceptors (Lipinski definition) is 2. The molecule has 1 fully saturated rings. The lowest BCUT2D eigenvalue weighted by molar-refractivity contribution is -0.144. The van der Waals surface area contributed by atoms with Crippen molar-refractivity contribution in [2.75, 3.05) is 13.1 Å². The quantitative estimate of drug-likeness (QED) is 0.898. The number of halogens is 1. The van der Waals surface area contributed by atoms with Crippen molar-refractivity contribution >= 4 is 27.7 Å². The van der Waals surface area contributed by atoms with Gasteiger partial charge in [-0.05, 0) is 18.6 Å². The van der Waals surface area contributed by atoms with Gasteiger partial charge in [0.05, 0.1) is 6.54 Å². The molecular formula is C12H13BrN2O2. The van der Waals surface area contributed by atoms with E-state index in [0.29, 0.717) is 6.54 Å². The summed E-state index contributed by atoms with van der Waals surface area (Å²) in [6.07, 6.45) is 0. The molecule has 1 saturated heterocycles. The molecule has 1 aromatic carbocycles. The van der Waals surface area contributed by atoms with Crippen LogP contribution in [0.25, 0.3) is 0 Å². The summed E-state index contributed by atoms with van der Waals surface area (Å²) in [5.74, 6) is -0.175. The summed E-state index contributed by atoms with van der Waals surface area (Å²) in [4.78, 5) is 25.3. The van der Waals surface area contributed by atoms with Gasteiger partial charge >= 0.3 is 0 Å². The predicted octanol–water partition coefficient (Wildman–Crippen LogP) is 1.47. The topological polar surface area (TPSA) is 49.4 Å². The molecule has 4 nitrogen and oxygen atoms in total. The van der Waals surface area contributed by atoms with Crippen LogP contribution in [0.15, 0.2) is 28.7 Å². The zero-order chi connectivity index (χ0) is 12.4. The Labute approximate surface area is 108 Å². The van der Waals surface area contributed by atoms with Crippen molar-refractivity contribution in [3.05, 3.63) is 34.3 Å². The predicted molar refractivity (Wildman–Crippen MR) is 67.3 cm³/mol. The Morgan fingerprint density at radius 3 is 2.76 bits per heavy atom. The smallest absolute Gasteiger partial charge is 0.250 e. The van der Waals surface area contributed by atoms with Crippen molar-refractivity contribution in [1.82, 2.24) is 10.2 Å². The van der Waals surface area contributed by atoms with Gasteiger partial charge in [0.2, 0.25) is 11.8 Å². The summed E-state index contributed by atoms with van der Waals surface area (Å²) in [6.45, 7) is 2.57. The first-order valence-corrected chi connectivity index (χ1v) is 6.25. The fourth-order valence-electron chi connectivity index (χ4n) is 1.89. The molecule has 2 amide bonds. The van der Waals surface area contributed by atoms with E-state index < -0.39 is 6.04 Å². The summed E-state index contributed by atoms with van der Waals surface area (Å²) in [7, 11) is 0. The Bertz CT molecular complexity index is 462. The maximum Gasteiger partial charge on any atom is 0.250 e. The molecule has 2 rings (SSSR count). The van der Waals surface area contributed by atoms with Crippen LogP contribution in [0.1, 0.15) is 18.5 Å². The third-order valence-corrected chi connectivity index (χ3v) is 3.52. The van der Waals surface area contributed by atoms with Crippen molar-refractivity contribution in [2.24, 2.45) is 0 Å². The van der Waals surface area contributed by atoms with Gasteiger partial charge in [-0.1, -0.05) is 34.1 Å². The van der Waals surface area contributed by atoms with Crippen molar-refractivity contribution in [3.8, 4) is 0 Å². The maximum absolute atomic E-state index is 12.1. The number of hydrogen-bond donors (Lipinski definition) is 1. The van der Waals surface area contributed by atoms with Crippen LogP contribution in [0.2, 0.25) is 0 Å². The Kier molecular flexibility index (Phi) is 3.47. The summed E-state index contributed by atoms with van der Waals surface area (Å²) in [5, 5.41) is 2.73. The van der Waals surface area contributed by atoms with Gasteiger partial charge in [0.1, 0.15) is 6.04 Å². The molecule has 1 aromatic rings. The Balaban J connectivity index is 2.34. The van der Waals surface area contributed by atoms with Crippen LogP contribution < -0.4 is 5.32 Å². The lowest BCUT2D eigenvalue weighted by atomic mass is 10.0. The minimum Gasteiger partial charge on any atom is -0.339 e. The molecule has 0 radical (unpaired) electrons. The number of likely N-dealkylation sites (N-methyl/N-ethyl adjacent to an activating group) is 1. The molecule has 5 heteroatoms. The molecule has 1 aliphatic rings. The molecule has 90 valence electrons. The molecule has 0 bridgehead atoms. The molecule has 1 N–H and O–H groups in total. The number of carbonyl (C=O) groups is 2. The standard InChI is InChI=1S/C12H13BrN2O2/c1-2-15-7-10(16)14-11(12(15)17)8-5-3-4-6-9(8)13/h3-6,11H,2,7H2,1H3,(H,14,16)/t11-/m1/s1. The van der Waals surface area contributed by atoms with E-state index in [0.717, 1.165) is 10.0 Å². The minimum atomic E-state index is -0.577. The Morgan fingerprint density at radius 2 is 2.12 bits per heavy atom. The molecule has 0 saturated carbocycles. The third-order valence-electron chi connectivity index (χ3n) is 2.80. The van der Waals surface area contributed by atoms with Crippen LogP contribution >= 0.6 is 15.9 Å². The Hall–Kier alpha value is -1.36. The summed E-state index contributed by atoms with van der Waals surface area (Å²) in [5.41, 5.74) is 0.795. The average molecular weight is 297 g/mol. The van der Waals surface area contributed by atoms with Crippen LogP contribution in [-0.2, 0) is 9.59 Å². The number of rotatable bonds is 2. The second-order valence-electron chi connectivity index (χ2n) is 3.87. The van der Waals surface area contributed by atoms with E-state index in [1.807, 2.05) is 31.2 Å². The van der Waals surface area contributed by atoms with Crippen LogP contribution in [0, 0.1) is 0 Å². The fraction of sp³-hybridized carbons (Fsp3) is 0.333. The normalized spacial score (nSPS) is 20.4. The second kappa shape index (κ2) is 4.87. The van der Waals surface area contributed by atoms with Crippen molar-refractivity contribution in [1.29, 1.82) is 0 Å². The van der Waals surface area contributed by atoms with Crippen LogP contribution in [0.5, 0.6) is 0 Å². The first-order chi connectivity index (χ1) is 8.13. The number of nitrogens with zero attached hydrogens (tertiary/aromatic N) is 1. The molecule has 0 spiro atoms. The van der Waals surface area contributed by atoms with E-state index in [1.54, 1.807) is 4.90 Å². The van der Waals surface area contributed by atoms with E-state index >= 15 is 0 Å². The van der Waals surface area contributed by atoms with E-state index in [1.165, 1.54) is 0 Å². The van der Waals surface area contributed by atoms with Crippen LogP contribution in [-0.4, -0.2) is 29.8 Å². The summed E-state index contributed by atoms with van der Waals surface area (Å²) in [6, 6.07) is 6.85. The summed E-state index contributed by atoms with van der Waals surface area (Å²) < 4.78 is 0.830. The molecule has 1 atom stereocenters. The van der Waals surface area contributed by atoms with Gasteiger partial charge in [-0.3, -0.25) is 9.59 Å². The first kappa shape index (κ1) is 12.1. The lowest BCUT2D eigenvalue weighted by Gasteiger charge is -2.32. The number of nitrogens with one attached hydrogen (secondary N) is 1. The van der Waals surface area contributed by atoms with E-state index in [9.17, 15) is 9.59 Å². The molecule has 17 heavy (non-hydrogen) atoms. The number of carbonyl (C=O) groups excluding carboxylic acids is 2. The number of amides is 2. The Morgan fingerprint density at radius 1 is 1.41 bits per heavy atom. The third kappa shape index (κ3) is 2.34. The molecule has 0 aliphatic carbocycles. The number of piperazine rings is 1. The van der Waals surface area contributed by atoms with Crippen LogP contribution in [0.4, 0.5) is 0 Å². The molecule has 0 unspecified atom stereocenters. The van der Waals surface area contributed by atoms with E-state index in [-0.39, 0.29) is 18.4 Å². The van der Waals surface area contributed by atoms with Crippen LogP contribution in [0.3, 0.4) is 0 Å². The monoisotopic (exact) mass is 296 g/mol. The van der Waals surface area contributed by atoms with E-state index in [2.05, 4.69) is 21.2 Å². The van der Waals surface area contributed by atoms with Crippen molar-refractivity contribution in [3.63, 3.8) is 0 Å². The zero-order valence-corrected chi connectivity index (χ0v) is 11.0. The van der Waals surface area contributed by atoms with Gasteiger partial charge < -0.3 is 10.2 Å². The van der Waals surface area contributed by atoms with Gasteiger partial charge in [-0.2, -0.15) is 0 Å². The average Bonchev–Trinajstić information content (AvgIpc) is 2.32. The molecule has 0 aromatic heterocycles. The van der Waals surface area contributed by atoms with Gasteiger partial charge in [-0.15, -0.1) is 0 Å². The van der Waals surface area contributed by atoms with Gasteiger partial charge in [-0.25, -0.2) is 0 Å². The van der Waals surface area contributed by atoms with Gasteiger partial charge in [0, 0.05) is 11.0 Å². The number of benzene rings is 1. The molecule has 1 aliphatic heterocycles. The zero-order valence-electron chi connectivity index (χ0n) is 9.44. The second-order valence-corrected chi connectivity index (χ2v) is 4.73. The van der Waals surface area contributed by atoms with Crippen molar-refractivity contribution in [2.45, 2.75) is 13.0 Å². The largest absolute Gasteiger partial charge is 0.339 e. The lowest BCUT2D eigenvalue weighted by Crippen LogP contribution is -2.53. The highest BCUT2D eigenvalue weighted by Crippen LogP contribution is 2.26.